The maximum atomic E-state index is 2.77. The van der Waals surface area contributed by atoms with E-state index in [9.17, 15) is 0 Å². The van der Waals surface area contributed by atoms with E-state index >= 15 is 0 Å². The van der Waals surface area contributed by atoms with Crippen molar-refractivity contribution < 1.29 is 0 Å². The molecule has 144 valence electrons. The largest absolute Gasteiger partial charge is 0.303 e. The number of likely N-dealkylation sites (tertiary alicyclic amines) is 1. The zero-order valence-electron chi connectivity index (χ0n) is 17.9. The molecule has 0 N–H and O–H groups in total. The highest BCUT2D eigenvalue weighted by molar-refractivity contribution is 4.83. The molecule has 0 bridgehead atoms. The Bertz CT molecular complexity index is 297. The van der Waals surface area contributed by atoms with E-state index in [-0.39, 0.29) is 0 Å². The Kier molecular flexibility index (Phi) is 10.5. The first kappa shape index (κ1) is 22.0. The minimum atomic E-state index is 0.702. The van der Waals surface area contributed by atoms with E-state index in [0.717, 1.165) is 23.8 Å². The molecule has 0 aromatic rings. The molecule has 1 heterocycles. The van der Waals surface area contributed by atoms with Crippen molar-refractivity contribution in [2.75, 3.05) is 26.2 Å². The molecule has 2 fully saturated rings. The number of hydrogen-bond acceptors (Lipinski definition) is 2. The molecular weight excluding hydrogens is 292 g/mol. The Labute approximate surface area is 153 Å². The zero-order chi connectivity index (χ0) is 18.1. The van der Waals surface area contributed by atoms with Gasteiger partial charge in [-0.05, 0) is 89.8 Å². The predicted octanol–water partition coefficient (Wildman–Crippen LogP) is 5.67. The molecule has 2 aliphatic rings. The molecule has 2 nitrogen and oxygen atoms in total. The lowest BCUT2D eigenvalue weighted by Gasteiger charge is -2.41. The van der Waals surface area contributed by atoms with E-state index in [1.807, 2.05) is 13.8 Å². The topological polar surface area (TPSA) is 6.48 Å². The molecule has 0 unspecified atom stereocenters. The fraction of sp³-hybridized carbons (Fsp3) is 1.00. The Morgan fingerprint density at radius 2 is 1.42 bits per heavy atom. The van der Waals surface area contributed by atoms with E-state index in [4.69, 9.17) is 0 Å². The molecule has 1 aliphatic heterocycles. The van der Waals surface area contributed by atoms with Gasteiger partial charge in [0.05, 0.1) is 0 Å². The number of hydrogen-bond donors (Lipinski definition) is 0. The lowest BCUT2D eigenvalue weighted by atomic mass is 9.77. The van der Waals surface area contributed by atoms with E-state index in [1.54, 1.807) is 0 Å². The first-order valence-electron chi connectivity index (χ1n) is 11.0. The van der Waals surface area contributed by atoms with Gasteiger partial charge in [-0.15, -0.1) is 0 Å². The smallest absolute Gasteiger partial charge is 0.0122 e. The van der Waals surface area contributed by atoms with Crippen LogP contribution in [-0.4, -0.2) is 48.1 Å². The molecule has 24 heavy (non-hydrogen) atoms. The van der Waals surface area contributed by atoms with E-state index in [2.05, 4.69) is 44.4 Å². The SMILES string of the molecule is CC.CCN(C(C)C)C1CCN(CC2CCC(C(C)C)CC2)CC1. The quantitative estimate of drug-likeness (QED) is 0.615. The molecule has 0 aromatic heterocycles. The molecule has 0 atom stereocenters. The second-order valence-electron chi connectivity index (χ2n) is 8.48. The first-order chi connectivity index (χ1) is 11.5. The Morgan fingerprint density at radius 1 is 0.875 bits per heavy atom. The zero-order valence-corrected chi connectivity index (χ0v) is 17.9. The second kappa shape index (κ2) is 11.5. The highest BCUT2D eigenvalue weighted by Crippen LogP contribution is 2.34. The van der Waals surface area contributed by atoms with E-state index in [1.165, 1.54) is 64.7 Å². The molecule has 0 amide bonds. The summed E-state index contributed by atoms with van der Waals surface area (Å²) in [6.45, 7) is 21.1. The van der Waals surface area contributed by atoms with Crippen molar-refractivity contribution in [3.05, 3.63) is 0 Å². The minimum absolute atomic E-state index is 0.702. The summed E-state index contributed by atoms with van der Waals surface area (Å²) in [5.41, 5.74) is 0. The summed E-state index contributed by atoms with van der Waals surface area (Å²) >= 11 is 0. The van der Waals surface area contributed by atoms with Crippen molar-refractivity contribution in [1.29, 1.82) is 0 Å². The van der Waals surface area contributed by atoms with Crippen LogP contribution in [0.3, 0.4) is 0 Å². The van der Waals surface area contributed by atoms with Crippen LogP contribution in [0.4, 0.5) is 0 Å². The van der Waals surface area contributed by atoms with Gasteiger partial charge in [0.1, 0.15) is 0 Å². The van der Waals surface area contributed by atoms with E-state index < -0.39 is 0 Å². The summed E-state index contributed by atoms with van der Waals surface area (Å²) in [5, 5.41) is 0. The highest BCUT2D eigenvalue weighted by Gasteiger charge is 2.28. The monoisotopic (exact) mass is 338 g/mol. The Morgan fingerprint density at radius 3 is 1.83 bits per heavy atom. The lowest BCUT2D eigenvalue weighted by molar-refractivity contribution is 0.0748. The molecule has 1 saturated carbocycles. The van der Waals surface area contributed by atoms with Gasteiger partial charge in [-0.2, -0.15) is 0 Å². The Balaban J connectivity index is 0.00000139. The molecule has 0 radical (unpaired) electrons. The normalized spacial score (nSPS) is 26.8. The van der Waals surface area contributed by atoms with Crippen LogP contribution in [0, 0.1) is 17.8 Å². The van der Waals surface area contributed by atoms with Crippen molar-refractivity contribution >= 4 is 0 Å². The molecule has 0 aromatic carbocycles. The standard InChI is InChI=1S/C20H40N2.C2H6/c1-6-22(17(4)5)20-11-13-21(14-12-20)15-18-7-9-19(10-8-18)16(2)3;1-2/h16-20H,6-15H2,1-5H3;1-2H3. The van der Waals surface area contributed by atoms with Gasteiger partial charge in [-0.3, -0.25) is 4.90 Å². The van der Waals surface area contributed by atoms with Crippen LogP contribution < -0.4 is 0 Å². The maximum absolute atomic E-state index is 2.77. The molecule has 1 aliphatic carbocycles. The average Bonchev–Trinajstić information content (AvgIpc) is 2.59. The lowest BCUT2D eigenvalue weighted by Crippen LogP contribution is -2.48. The summed E-state index contributed by atoms with van der Waals surface area (Å²) in [7, 11) is 0. The minimum Gasteiger partial charge on any atom is -0.303 e. The summed E-state index contributed by atoms with van der Waals surface area (Å²) in [5.74, 6) is 2.89. The van der Waals surface area contributed by atoms with Gasteiger partial charge in [-0.1, -0.05) is 34.6 Å². The molecule has 1 saturated heterocycles. The fourth-order valence-electron chi connectivity index (χ4n) is 4.88. The van der Waals surface area contributed by atoms with Crippen molar-refractivity contribution in [2.24, 2.45) is 17.8 Å². The summed E-state index contributed by atoms with van der Waals surface area (Å²) < 4.78 is 0. The first-order valence-corrected chi connectivity index (χ1v) is 11.0. The third-order valence-corrected chi connectivity index (χ3v) is 6.41. The summed E-state index contributed by atoms with van der Waals surface area (Å²) in [4.78, 5) is 5.47. The molecule has 2 heteroatoms. The van der Waals surface area contributed by atoms with Crippen molar-refractivity contribution in [3.8, 4) is 0 Å². The van der Waals surface area contributed by atoms with Crippen LogP contribution in [0.1, 0.15) is 87.0 Å². The number of piperidine rings is 1. The van der Waals surface area contributed by atoms with Gasteiger partial charge in [0.25, 0.3) is 0 Å². The average molecular weight is 339 g/mol. The van der Waals surface area contributed by atoms with Gasteiger partial charge in [0.2, 0.25) is 0 Å². The maximum Gasteiger partial charge on any atom is 0.0122 e. The summed E-state index contributed by atoms with van der Waals surface area (Å²) in [6.07, 6.45) is 8.69. The predicted molar refractivity (Wildman–Crippen MR) is 109 cm³/mol. The Hall–Kier alpha value is -0.0800. The van der Waals surface area contributed by atoms with Crippen LogP contribution in [0.25, 0.3) is 0 Å². The van der Waals surface area contributed by atoms with E-state index in [0.29, 0.717) is 6.04 Å². The van der Waals surface area contributed by atoms with Crippen LogP contribution >= 0.6 is 0 Å². The van der Waals surface area contributed by atoms with Crippen LogP contribution in [-0.2, 0) is 0 Å². The van der Waals surface area contributed by atoms with Crippen molar-refractivity contribution in [1.82, 2.24) is 9.80 Å². The van der Waals surface area contributed by atoms with Crippen LogP contribution in [0.2, 0.25) is 0 Å². The fourth-order valence-corrected chi connectivity index (χ4v) is 4.88. The van der Waals surface area contributed by atoms with Gasteiger partial charge in [0.15, 0.2) is 0 Å². The van der Waals surface area contributed by atoms with Gasteiger partial charge in [0, 0.05) is 18.6 Å². The number of rotatable bonds is 6. The van der Waals surface area contributed by atoms with Gasteiger partial charge >= 0.3 is 0 Å². The van der Waals surface area contributed by atoms with Crippen molar-refractivity contribution in [2.45, 2.75) is 99.1 Å². The van der Waals surface area contributed by atoms with Crippen molar-refractivity contribution in [3.63, 3.8) is 0 Å². The second-order valence-corrected chi connectivity index (χ2v) is 8.48. The van der Waals surface area contributed by atoms with Gasteiger partial charge in [-0.25, -0.2) is 0 Å². The third-order valence-electron chi connectivity index (χ3n) is 6.41. The van der Waals surface area contributed by atoms with Gasteiger partial charge < -0.3 is 4.90 Å². The van der Waals surface area contributed by atoms with Crippen LogP contribution in [0.5, 0.6) is 0 Å². The number of nitrogens with zero attached hydrogens (tertiary/aromatic N) is 2. The molecular formula is C22H46N2. The molecule has 0 spiro atoms. The van der Waals surface area contributed by atoms with Crippen LogP contribution in [0.15, 0.2) is 0 Å². The third kappa shape index (κ3) is 6.67. The summed E-state index contributed by atoms with van der Waals surface area (Å²) in [6, 6.07) is 1.53. The molecule has 2 rings (SSSR count). The highest BCUT2D eigenvalue weighted by atomic mass is 15.2.